The van der Waals surface area contributed by atoms with Gasteiger partial charge in [0.2, 0.25) is 15.9 Å². The van der Waals surface area contributed by atoms with Crippen LogP contribution in [0.5, 0.6) is 0 Å². The summed E-state index contributed by atoms with van der Waals surface area (Å²) in [6.07, 6.45) is 6.35. The monoisotopic (exact) mass is 490 g/mol. The van der Waals surface area contributed by atoms with Crippen molar-refractivity contribution in [2.75, 3.05) is 11.4 Å². The Balaban J connectivity index is 1.67. The zero-order valence-electron chi connectivity index (χ0n) is 17.9. The van der Waals surface area contributed by atoms with Gasteiger partial charge in [0.15, 0.2) is 0 Å². The van der Waals surface area contributed by atoms with E-state index in [0.29, 0.717) is 11.4 Å². The van der Waals surface area contributed by atoms with Gasteiger partial charge in [-0.2, -0.15) is 4.31 Å². The van der Waals surface area contributed by atoms with E-state index < -0.39 is 33.7 Å². The molecule has 0 bridgehead atoms. The van der Waals surface area contributed by atoms with Crippen LogP contribution in [0.3, 0.4) is 0 Å². The molecule has 1 aliphatic heterocycles. The molecule has 0 radical (unpaired) electrons. The summed E-state index contributed by atoms with van der Waals surface area (Å²) < 4.78 is 41.6. The van der Waals surface area contributed by atoms with Gasteiger partial charge in [0.05, 0.1) is 17.0 Å². The molecule has 0 aromatic heterocycles. The molecule has 174 valence electrons. The van der Waals surface area contributed by atoms with Crippen LogP contribution < -0.4 is 4.90 Å². The van der Waals surface area contributed by atoms with Crippen molar-refractivity contribution in [3.8, 4) is 0 Å². The fourth-order valence-corrected chi connectivity index (χ4v) is 5.98. The number of hydrogen-bond acceptors (Lipinski definition) is 4. The molecule has 33 heavy (non-hydrogen) atoms. The fraction of sp³-hybridized carbons (Fsp3) is 0.333. The number of amides is 2. The van der Waals surface area contributed by atoms with Gasteiger partial charge in [-0.25, -0.2) is 17.7 Å². The molecule has 2 aliphatic rings. The first kappa shape index (κ1) is 23.6. The molecule has 0 saturated carbocycles. The van der Waals surface area contributed by atoms with Crippen molar-refractivity contribution < 1.29 is 22.4 Å². The fourth-order valence-electron chi connectivity index (χ4n) is 4.27. The molecular weight excluding hydrogens is 467 g/mol. The van der Waals surface area contributed by atoms with Gasteiger partial charge in [-0.05, 0) is 80.6 Å². The number of carbonyl (C=O) groups excluding carboxylic acids is 2. The number of halogens is 2. The molecule has 2 aromatic rings. The summed E-state index contributed by atoms with van der Waals surface area (Å²) >= 11 is 5.92. The summed E-state index contributed by atoms with van der Waals surface area (Å²) in [6, 6.07) is 9.53. The van der Waals surface area contributed by atoms with E-state index in [1.165, 1.54) is 36.4 Å². The highest BCUT2D eigenvalue weighted by atomic mass is 35.5. The van der Waals surface area contributed by atoms with Crippen LogP contribution in [0.2, 0.25) is 5.02 Å². The van der Waals surface area contributed by atoms with Crippen molar-refractivity contribution in [3.63, 3.8) is 0 Å². The molecule has 0 N–H and O–H groups in total. The lowest BCUT2D eigenvalue weighted by molar-refractivity contribution is -0.122. The third-order valence-corrected chi connectivity index (χ3v) is 8.19. The zero-order valence-corrected chi connectivity index (χ0v) is 19.5. The first-order valence-corrected chi connectivity index (χ1v) is 12.7. The summed E-state index contributed by atoms with van der Waals surface area (Å²) in [7, 11) is -4.08. The molecular formula is C24H24ClFN2O4S. The van der Waals surface area contributed by atoms with Crippen LogP contribution in [0, 0.1) is 5.82 Å². The molecule has 4 rings (SSSR count). The van der Waals surface area contributed by atoms with Crippen molar-refractivity contribution in [2.24, 2.45) is 0 Å². The minimum absolute atomic E-state index is 0.00463. The van der Waals surface area contributed by atoms with Crippen LogP contribution in [0.25, 0.3) is 0 Å². The first-order chi connectivity index (χ1) is 15.8. The van der Waals surface area contributed by atoms with E-state index in [1.807, 2.05) is 0 Å². The highest BCUT2D eigenvalue weighted by Crippen LogP contribution is 2.31. The number of imide groups is 1. The highest BCUT2D eigenvalue weighted by molar-refractivity contribution is 7.89. The number of nitrogens with zero attached hydrogens (tertiary/aromatic N) is 2. The van der Waals surface area contributed by atoms with E-state index in [1.54, 1.807) is 0 Å². The van der Waals surface area contributed by atoms with Crippen LogP contribution in [0.4, 0.5) is 10.1 Å². The second kappa shape index (κ2) is 9.75. The smallest absolute Gasteiger partial charge is 0.252 e. The van der Waals surface area contributed by atoms with Gasteiger partial charge >= 0.3 is 0 Å². The van der Waals surface area contributed by atoms with Crippen LogP contribution in [-0.2, 0) is 19.6 Å². The SMILES string of the molecule is O=C1CC(N(CCC2=CCCCC2)S(=O)(=O)c2ccc(Cl)cc2)C(=O)N1c1ccc(F)cc1. The third kappa shape index (κ3) is 5.03. The minimum atomic E-state index is -4.08. The Morgan fingerprint density at radius 3 is 2.36 bits per heavy atom. The Hall–Kier alpha value is -2.55. The Labute approximate surface area is 197 Å². The van der Waals surface area contributed by atoms with Crippen molar-refractivity contribution in [2.45, 2.75) is 49.5 Å². The van der Waals surface area contributed by atoms with Gasteiger partial charge in [-0.1, -0.05) is 23.3 Å². The second-order valence-corrected chi connectivity index (χ2v) is 10.5. The molecule has 1 aliphatic carbocycles. The number of allylic oxidation sites excluding steroid dienone is 1. The van der Waals surface area contributed by atoms with Gasteiger partial charge in [-0.15, -0.1) is 0 Å². The van der Waals surface area contributed by atoms with Crippen molar-refractivity contribution in [1.29, 1.82) is 0 Å². The maximum Gasteiger partial charge on any atom is 0.252 e. The van der Waals surface area contributed by atoms with Gasteiger partial charge in [0.25, 0.3) is 5.91 Å². The number of anilines is 1. The predicted molar refractivity (Wildman–Crippen MR) is 124 cm³/mol. The maximum absolute atomic E-state index is 13.6. The predicted octanol–water partition coefficient (Wildman–Crippen LogP) is 4.69. The van der Waals surface area contributed by atoms with E-state index in [2.05, 4.69) is 6.08 Å². The van der Waals surface area contributed by atoms with Gasteiger partial charge in [0, 0.05) is 11.6 Å². The lowest BCUT2D eigenvalue weighted by Crippen LogP contribution is -2.46. The minimum Gasteiger partial charge on any atom is -0.274 e. The van der Waals surface area contributed by atoms with Gasteiger partial charge in [0.1, 0.15) is 11.9 Å². The maximum atomic E-state index is 13.6. The summed E-state index contributed by atoms with van der Waals surface area (Å²) in [5.74, 6) is -1.66. The quantitative estimate of drug-likeness (QED) is 0.416. The molecule has 1 saturated heterocycles. The van der Waals surface area contributed by atoms with Crippen LogP contribution >= 0.6 is 11.6 Å². The molecule has 1 fully saturated rings. The van der Waals surface area contributed by atoms with E-state index in [9.17, 15) is 22.4 Å². The number of rotatable bonds is 7. The summed E-state index contributed by atoms with van der Waals surface area (Å²) in [6.45, 7) is 0.0811. The Bertz CT molecular complexity index is 1180. The molecule has 1 atom stereocenters. The molecule has 6 nitrogen and oxygen atoms in total. The van der Waals surface area contributed by atoms with Crippen molar-refractivity contribution in [3.05, 3.63) is 71.0 Å². The summed E-state index contributed by atoms with van der Waals surface area (Å²) in [5.41, 5.74) is 1.37. The van der Waals surface area contributed by atoms with Gasteiger partial charge in [-0.3, -0.25) is 9.59 Å². The van der Waals surface area contributed by atoms with Crippen LogP contribution in [-0.4, -0.2) is 37.1 Å². The molecule has 2 amide bonds. The normalized spacial score (nSPS) is 19.3. The topological polar surface area (TPSA) is 74.8 Å². The Morgan fingerprint density at radius 2 is 1.73 bits per heavy atom. The van der Waals surface area contributed by atoms with E-state index >= 15 is 0 Å². The lowest BCUT2D eigenvalue weighted by Gasteiger charge is -2.27. The van der Waals surface area contributed by atoms with E-state index in [-0.39, 0.29) is 23.5 Å². The number of carbonyl (C=O) groups is 2. The Kier molecular flexibility index (Phi) is 6.97. The zero-order chi connectivity index (χ0) is 23.6. The van der Waals surface area contributed by atoms with Crippen LogP contribution in [0.15, 0.2) is 65.1 Å². The van der Waals surface area contributed by atoms with E-state index in [0.717, 1.165) is 52.6 Å². The number of sulfonamides is 1. The summed E-state index contributed by atoms with van der Waals surface area (Å²) in [4.78, 5) is 27.0. The first-order valence-electron chi connectivity index (χ1n) is 10.8. The van der Waals surface area contributed by atoms with Crippen molar-refractivity contribution >= 4 is 39.1 Å². The molecule has 0 spiro atoms. The molecule has 2 aromatic carbocycles. The van der Waals surface area contributed by atoms with E-state index in [4.69, 9.17) is 11.6 Å². The lowest BCUT2D eigenvalue weighted by atomic mass is 9.97. The molecule has 1 heterocycles. The Morgan fingerprint density at radius 1 is 1.03 bits per heavy atom. The molecule has 9 heteroatoms. The number of benzene rings is 2. The average molecular weight is 491 g/mol. The van der Waals surface area contributed by atoms with Crippen molar-refractivity contribution in [1.82, 2.24) is 4.31 Å². The standard InChI is InChI=1S/C24H24ClFN2O4S/c25-18-6-12-21(13-7-18)33(31,32)27(15-14-17-4-2-1-3-5-17)22-16-23(29)28(24(22)30)20-10-8-19(26)9-11-20/h4,6-13,22H,1-3,5,14-16H2. The third-order valence-electron chi connectivity index (χ3n) is 6.01. The van der Waals surface area contributed by atoms with Gasteiger partial charge < -0.3 is 0 Å². The largest absolute Gasteiger partial charge is 0.274 e. The molecule has 1 unspecified atom stereocenters. The number of hydrogen-bond donors (Lipinski definition) is 0. The average Bonchev–Trinajstić information content (AvgIpc) is 3.09. The highest BCUT2D eigenvalue weighted by Gasteiger charge is 2.46. The van der Waals surface area contributed by atoms with Crippen LogP contribution in [0.1, 0.15) is 38.5 Å². The summed E-state index contributed by atoms with van der Waals surface area (Å²) in [5, 5.41) is 0.391. The second-order valence-electron chi connectivity index (χ2n) is 8.19.